The molecule has 0 saturated carbocycles. The van der Waals surface area contributed by atoms with E-state index in [2.05, 4.69) is 12.7 Å². The van der Waals surface area contributed by atoms with Crippen LogP contribution in [0.15, 0.2) is 47.6 Å². The molecule has 1 aliphatic heterocycles. The van der Waals surface area contributed by atoms with Crippen LogP contribution >= 0.6 is 11.6 Å². The van der Waals surface area contributed by atoms with Gasteiger partial charge >= 0.3 is 0 Å². The topological polar surface area (TPSA) is 3.24 Å². The number of nitrogens with zero attached hydrogens (tertiary/aromatic N) is 1. The van der Waals surface area contributed by atoms with Gasteiger partial charge in [0.25, 0.3) is 6.43 Å². The maximum atomic E-state index is 12.9. The molecule has 1 aliphatic rings. The Morgan fingerprint density at radius 2 is 1.85 bits per heavy atom. The van der Waals surface area contributed by atoms with Crippen molar-refractivity contribution >= 4 is 17.3 Å². The smallest absolute Gasteiger partial charge is 0.256 e. The molecule has 1 aromatic rings. The third-order valence-corrected chi connectivity index (χ3v) is 2.97. The van der Waals surface area contributed by atoms with Gasteiger partial charge in [-0.25, -0.2) is 13.2 Å². The van der Waals surface area contributed by atoms with Gasteiger partial charge < -0.3 is 4.90 Å². The van der Waals surface area contributed by atoms with E-state index in [0.29, 0.717) is 11.3 Å². The molecule has 0 bridgehead atoms. The minimum absolute atomic E-state index is 0. The largest absolute Gasteiger partial charge is 0.368 e. The van der Waals surface area contributed by atoms with Crippen LogP contribution in [-0.2, 0) is 32.7 Å². The molecule has 0 amide bonds. The number of allylic oxidation sites excluding steroid dienone is 3. The molecule has 0 fully saturated rings. The van der Waals surface area contributed by atoms with Crippen molar-refractivity contribution in [1.29, 1.82) is 0 Å². The Hall–Kier alpha value is -0.576. The Labute approximate surface area is 145 Å². The third-order valence-electron chi connectivity index (χ3n) is 2.65. The number of hydrogen-bond acceptors (Lipinski definition) is 1. The van der Waals surface area contributed by atoms with Crippen molar-refractivity contribution in [1.82, 2.24) is 4.90 Å². The third kappa shape index (κ3) is 3.97. The van der Waals surface area contributed by atoms with Gasteiger partial charge in [-0.3, -0.25) is 0 Å². The van der Waals surface area contributed by atoms with Crippen LogP contribution in [0.1, 0.15) is 5.56 Å². The van der Waals surface area contributed by atoms with E-state index in [1.807, 2.05) is 0 Å². The van der Waals surface area contributed by atoms with E-state index in [1.165, 1.54) is 35.2 Å². The van der Waals surface area contributed by atoms with E-state index in [0.717, 1.165) is 0 Å². The number of hydrogen-bond donors (Lipinski definition) is 0. The number of benzene rings is 1. The molecular formula is C14H10ClF3NY-. The van der Waals surface area contributed by atoms with E-state index in [4.69, 9.17) is 11.6 Å². The molecule has 0 spiro atoms. The maximum Gasteiger partial charge on any atom is 0.256 e. The summed E-state index contributed by atoms with van der Waals surface area (Å²) in [6.07, 6.45) is 1.74. The van der Waals surface area contributed by atoms with Crippen LogP contribution in [0.4, 0.5) is 13.2 Å². The van der Waals surface area contributed by atoms with Crippen LogP contribution in [-0.4, -0.2) is 17.9 Å². The van der Waals surface area contributed by atoms with E-state index >= 15 is 0 Å². The SMILES string of the molecule is C=C1C(Cl)=C[C-]=C(c2ccc(F)cc2)N1CC(F)F.[Y]. The molecule has 1 heterocycles. The molecule has 2 rings (SSSR count). The van der Waals surface area contributed by atoms with Crippen molar-refractivity contribution in [3.05, 3.63) is 65.1 Å². The molecule has 0 unspecified atom stereocenters. The summed E-state index contributed by atoms with van der Waals surface area (Å²) in [6.45, 7) is 3.14. The zero-order valence-electron chi connectivity index (χ0n) is 10.4. The van der Waals surface area contributed by atoms with Gasteiger partial charge in [-0.05, 0) is 22.9 Å². The first-order chi connectivity index (χ1) is 8.99. The van der Waals surface area contributed by atoms with Crippen LogP contribution in [0, 0.1) is 11.9 Å². The summed E-state index contributed by atoms with van der Waals surface area (Å²) in [5.41, 5.74) is 1.25. The molecule has 0 aliphatic carbocycles. The Kier molecular flexibility index (Phi) is 6.50. The molecule has 0 N–H and O–H groups in total. The standard InChI is InChI=1S/C14H10ClF3N.Y/c1-9-12(15)6-7-13(19(9)8-14(17)18)10-2-4-11(16)5-3-10;/h2-6,14H,1,8H2;/q-1;. The Balaban J connectivity index is 0.00000200. The number of alkyl halides is 2. The van der Waals surface area contributed by atoms with Crippen molar-refractivity contribution in [2.45, 2.75) is 6.43 Å². The van der Waals surface area contributed by atoms with Crippen LogP contribution in [0.25, 0.3) is 5.70 Å². The molecule has 1 nitrogen and oxygen atoms in total. The molecule has 6 heteroatoms. The van der Waals surface area contributed by atoms with Crippen molar-refractivity contribution in [3.63, 3.8) is 0 Å². The van der Waals surface area contributed by atoms with Gasteiger partial charge in [0.1, 0.15) is 5.82 Å². The van der Waals surface area contributed by atoms with Crippen molar-refractivity contribution < 1.29 is 45.9 Å². The summed E-state index contributed by atoms with van der Waals surface area (Å²) < 4.78 is 38.1. The molecule has 0 atom stereocenters. The van der Waals surface area contributed by atoms with Gasteiger partial charge in [-0.1, -0.05) is 17.8 Å². The number of halogens is 4. The number of rotatable bonds is 3. The minimum Gasteiger partial charge on any atom is -0.368 e. The van der Waals surface area contributed by atoms with Crippen LogP contribution in [0.2, 0.25) is 0 Å². The Morgan fingerprint density at radius 3 is 2.40 bits per heavy atom. The molecule has 103 valence electrons. The second kappa shape index (κ2) is 7.44. The zero-order chi connectivity index (χ0) is 14.0. The summed E-state index contributed by atoms with van der Waals surface area (Å²) in [6, 6.07) is 5.51. The van der Waals surface area contributed by atoms with Crippen LogP contribution in [0.5, 0.6) is 0 Å². The fourth-order valence-corrected chi connectivity index (χ4v) is 1.90. The average molecular weight is 374 g/mol. The molecule has 20 heavy (non-hydrogen) atoms. The fourth-order valence-electron chi connectivity index (χ4n) is 1.74. The molecule has 0 saturated heterocycles. The first-order valence-electron chi connectivity index (χ1n) is 5.49. The predicted octanol–water partition coefficient (Wildman–Crippen LogP) is 4.18. The predicted molar refractivity (Wildman–Crippen MR) is 68.8 cm³/mol. The molecular weight excluding hydrogens is 364 g/mol. The van der Waals surface area contributed by atoms with E-state index in [1.54, 1.807) is 0 Å². The second-order valence-electron chi connectivity index (χ2n) is 3.94. The average Bonchev–Trinajstić information content (AvgIpc) is 2.36. The molecule has 0 aromatic heterocycles. The van der Waals surface area contributed by atoms with Gasteiger partial charge in [0.15, 0.2) is 0 Å². The first kappa shape index (κ1) is 17.5. The first-order valence-corrected chi connectivity index (χ1v) is 5.87. The minimum atomic E-state index is -2.54. The summed E-state index contributed by atoms with van der Waals surface area (Å²) >= 11 is 5.86. The van der Waals surface area contributed by atoms with Gasteiger partial charge in [0, 0.05) is 32.7 Å². The Bertz CT molecular complexity index is 552. The van der Waals surface area contributed by atoms with Crippen LogP contribution < -0.4 is 0 Å². The molecule has 1 aromatic carbocycles. The van der Waals surface area contributed by atoms with Crippen molar-refractivity contribution in [3.8, 4) is 0 Å². The summed E-state index contributed by atoms with van der Waals surface area (Å²) in [7, 11) is 0. The normalized spacial score (nSPS) is 14.8. The van der Waals surface area contributed by atoms with Gasteiger partial charge in [-0.15, -0.1) is 12.1 Å². The summed E-state index contributed by atoms with van der Waals surface area (Å²) in [4.78, 5) is 1.28. The summed E-state index contributed by atoms with van der Waals surface area (Å²) in [5.74, 6) is -0.395. The van der Waals surface area contributed by atoms with E-state index < -0.39 is 18.8 Å². The van der Waals surface area contributed by atoms with Crippen molar-refractivity contribution in [2.24, 2.45) is 0 Å². The quantitative estimate of drug-likeness (QED) is 0.718. The van der Waals surface area contributed by atoms with Crippen molar-refractivity contribution in [2.75, 3.05) is 6.54 Å². The van der Waals surface area contributed by atoms with Crippen LogP contribution in [0.3, 0.4) is 0 Å². The van der Waals surface area contributed by atoms with E-state index in [9.17, 15) is 13.2 Å². The second-order valence-corrected chi connectivity index (χ2v) is 4.35. The monoisotopic (exact) mass is 373 g/mol. The van der Waals surface area contributed by atoms with E-state index in [-0.39, 0.29) is 43.4 Å². The Morgan fingerprint density at radius 1 is 1.25 bits per heavy atom. The molecule has 1 radical (unpaired) electrons. The van der Waals surface area contributed by atoms with Gasteiger partial charge in [0.05, 0.1) is 6.54 Å². The maximum absolute atomic E-state index is 12.9. The van der Waals surface area contributed by atoms with Gasteiger partial charge in [-0.2, -0.15) is 23.8 Å². The summed E-state index contributed by atoms with van der Waals surface area (Å²) in [5, 5.41) is 0.256. The van der Waals surface area contributed by atoms with Gasteiger partial charge in [0.2, 0.25) is 0 Å². The fraction of sp³-hybridized carbons (Fsp3) is 0.143. The zero-order valence-corrected chi connectivity index (χ0v) is 14.0.